The van der Waals surface area contributed by atoms with Gasteiger partial charge in [0.25, 0.3) is 0 Å². The first kappa shape index (κ1) is 22.5. The van der Waals surface area contributed by atoms with E-state index in [0.717, 1.165) is 12.8 Å². The summed E-state index contributed by atoms with van der Waals surface area (Å²) >= 11 is 5.98. The second-order valence-corrected chi connectivity index (χ2v) is 8.97. The molecule has 7 nitrogen and oxygen atoms in total. The lowest BCUT2D eigenvalue weighted by atomic mass is 10.0. The van der Waals surface area contributed by atoms with Crippen LogP contribution in [0.5, 0.6) is 5.75 Å². The van der Waals surface area contributed by atoms with Crippen LogP contribution >= 0.6 is 11.6 Å². The second-order valence-electron chi connectivity index (χ2n) is 7.03. The van der Waals surface area contributed by atoms with Gasteiger partial charge >= 0.3 is 0 Å². The highest BCUT2D eigenvalue weighted by molar-refractivity contribution is 7.89. The molecule has 0 saturated carbocycles. The third-order valence-corrected chi connectivity index (χ3v) is 6.01. The lowest BCUT2D eigenvalue weighted by molar-refractivity contribution is -0.115. The standard InChI is InChI=1S/C20H22ClFN2O5S/c21-17-3-1-15(22)9-14(17)10-20(25)24-16-2-4-18(19(11-16)30(23,26)27)29-12-13-5-7-28-8-6-13/h1-4,9,11,13H,5-8,10,12H2,(H,24,25)(H2,23,26,27). The summed E-state index contributed by atoms with van der Waals surface area (Å²) in [7, 11) is -4.09. The molecule has 2 aromatic rings. The number of hydrogen-bond acceptors (Lipinski definition) is 5. The lowest BCUT2D eigenvalue weighted by Crippen LogP contribution is -2.22. The molecule has 1 heterocycles. The topological polar surface area (TPSA) is 108 Å². The van der Waals surface area contributed by atoms with E-state index in [1.54, 1.807) is 0 Å². The van der Waals surface area contributed by atoms with Crippen LogP contribution < -0.4 is 15.2 Å². The van der Waals surface area contributed by atoms with Crippen molar-refractivity contribution < 1.29 is 27.1 Å². The van der Waals surface area contributed by atoms with Crippen molar-refractivity contribution in [2.45, 2.75) is 24.2 Å². The molecule has 0 bridgehead atoms. The highest BCUT2D eigenvalue weighted by Crippen LogP contribution is 2.28. The molecule has 1 aliphatic rings. The molecule has 1 saturated heterocycles. The number of carbonyl (C=O) groups is 1. The number of rotatable bonds is 7. The van der Waals surface area contributed by atoms with Crippen molar-refractivity contribution in [3.05, 3.63) is 52.8 Å². The molecule has 0 radical (unpaired) electrons. The molecule has 1 aliphatic heterocycles. The van der Waals surface area contributed by atoms with Crippen LogP contribution in [0, 0.1) is 11.7 Å². The minimum atomic E-state index is -4.09. The monoisotopic (exact) mass is 456 g/mol. The van der Waals surface area contributed by atoms with E-state index in [-0.39, 0.29) is 33.7 Å². The number of hydrogen-bond donors (Lipinski definition) is 2. The smallest absolute Gasteiger partial charge is 0.241 e. The van der Waals surface area contributed by atoms with E-state index in [1.807, 2.05) is 0 Å². The Kier molecular flexibility index (Phi) is 7.30. The fourth-order valence-corrected chi connectivity index (χ4v) is 3.99. The number of sulfonamides is 1. The van der Waals surface area contributed by atoms with Crippen LogP contribution in [0.25, 0.3) is 0 Å². The molecule has 1 amide bonds. The van der Waals surface area contributed by atoms with E-state index >= 15 is 0 Å². The zero-order valence-corrected chi connectivity index (χ0v) is 17.6. The van der Waals surface area contributed by atoms with E-state index in [1.165, 1.54) is 36.4 Å². The molecule has 10 heteroatoms. The molecule has 162 valence electrons. The maximum absolute atomic E-state index is 13.4. The minimum absolute atomic E-state index is 0.121. The van der Waals surface area contributed by atoms with Crippen molar-refractivity contribution in [1.82, 2.24) is 0 Å². The Morgan fingerprint density at radius 3 is 2.67 bits per heavy atom. The number of nitrogens with two attached hydrogens (primary N) is 1. The van der Waals surface area contributed by atoms with Crippen LogP contribution in [0.1, 0.15) is 18.4 Å². The highest BCUT2D eigenvalue weighted by atomic mass is 35.5. The summed E-state index contributed by atoms with van der Waals surface area (Å²) in [6.45, 7) is 1.64. The van der Waals surface area contributed by atoms with Crippen molar-refractivity contribution in [1.29, 1.82) is 0 Å². The summed E-state index contributed by atoms with van der Waals surface area (Å²) in [6, 6.07) is 7.93. The van der Waals surface area contributed by atoms with Crippen molar-refractivity contribution >= 4 is 33.2 Å². The van der Waals surface area contributed by atoms with Gasteiger partial charge < -0.3 is 14.8 Å². The maximum atomic E-state index is 13.4. The molecule has 0 aliphatic carbocycles. The molecule has 3 N–H and O–H groups in total. The summed E-state index contributed by atoms with van der Waals surface area (Å²) in [5.41, 5.74) is 0.534. The van der Waals surface area contributed by atoms with Gasteiger partial charge in [0.1, 0.15) is 16.5 Å². The van der Waals surface area contributed by atoms with Crippen LogP contribution in [0.4, 0.5) is 10.1 Å². The molecule has 30 heavy (non-hydrogen) atoms. The summed E-state index contributed by atoms with van der Waals surface area (Å²) in [6.07, 6.45) is 1.49. The van der Waals surface area contributed by atoms with Gasteiger partial charge in [-0.05, 0) is 60.7 Å². The largest absolute Gasteiger partial charge is 0.492 e. The van der Waals surface area contributed by atoms with Gasteiger partial charge in [-0.1, -0.05) is 11.6 Å². The number of carbonyl (C=O) groups excluding carboxylic acids is 1. The summed E-state index contributed by atoms with van der Waals surface area (Å²) in [5.74, 6) is -0.610. The Labute approximate surface area is 179 Å². The van der Waals surface area contributed by atoms with E-state index in [9.17, 15) is 17.6 Å². The molecule has 0 unspecified atom stereocenters. The van der Waals surface area contributed by atoms with E-state index in [4.69, 9.17) is 26.2 Å². The van der Waals surface area contributed by atoms with Crippen LogP contribution in [0.15, 0.2) is 41.3 Å². The molecule has 1 fully saturated rings. The third-order valence-electron chi connectivity index (χ3n) is 4.71. The van der Waals surface area contributed by atoms with Crippen LogP contribution in [-0.2, 0) is 26.0 Å². The van der Waals surface area contributed by atoms with Gasteiger partial charge in [-0.2, -0.15) is 0 Å². The van der Waals surface area contributed by atoms with Gasteiger partial charge in [-0.25, -0.2) is 17.9 Å². The number of amides is 1. The Morgan fingerprint density at radius 2 is 1.97 bits per heavy atom. The zero-order valence-electron chi connectivity index (χ0n) is 16.1. The molecule has 2 aromatic carbocycles. The highest BCUT2D eigenvalue weighted by Gasteiger charge is 2.20. The predicted molar refractivity (Wildman–Crippen MR) is 111 cm³/mol. The minimum Gasteiger partial charge on any atom is -0.492 e. The molecule has 0 atom stereocenters. The molecule has 0 aromatic heterocycles. The Morgan fingerprint density at radius 1 is 1.23 bits per heavy atom. The van der Waals surface area contributed by atoms with Gasteiger partial charge in [0, 0.05) is 23.9 Å². The average molecular weight is 457 g/mol. The number of benzene rings is 2. The number of anilines is 1. The first-order valence-corrected chi connectivity index (χ1v) is 11.3. The number of halogens is 2. The fraction of sp³-hybridized carbons (Fsp3) is 0.350. The average Bonchev–Trinajstić information content (AvgIpc) is 2.70. The first-order chi connectivity index (χ1) is 14.2. The van der Waals surface area contributed by atoms with Gasteiger partial charge in [-0.15, -0.1) is 0 Å². The molecule has 0 spiro atoms. The van der Waals surface area contributed by atoms with Crippen LogP contribution in [-0.4, -0.2) is 34.1 Å². The maximum Gasteiger partial charge on any atom is 0.241 e. The Bertz CT molecular complexity index is 1030. The van der Waals surface area contributed by atoms with Crippen molar-refractivity contribution in [3.63, 3.8) is 0 Å². The second kappa shape index (κ2) is 9.74. The van der Waals surface area contributed by atoms with Gasteiger partial charge in [0.2, 0.25) is 15.9 Å². The Hall–Kier alpha value is -2.20. The Balaban J connectivity index is 1.72. The number of primary sulfonamides is 1. The van der Waals surface area contributed by atoms with E-state index in [0.29, 0.717) is 25.4 Å². The predicted octanol–water partition coefficient (Wildman–Crippen LogP) is 3.11. The van der Waals surface area contributed by atoms with Gasteiger partial charge in [-0.3, -0.25) is 4.79 Å². The summed E-state index contributed by atoms with van der Waals surface area (Å²) in [5, 5.41) is 8.15. The normalized spacial score (nSPS) is 15.0. The van der Waals surface area contributed by atoms with E-state index < -0.39 is 21.7 Å². The SMILES string of the molecule is NS(=O)(=O)c1cc(NC(=O)Cc2cc(F)ccc2Cl)ccc1OCC1CCOCC1. The van der Waals surface area contributed by atoms with Crippen molar-refractivity contribution in [2.24, 2.45) is 11.1 Å². The summed E-state index contributed by atoms with van der Waals surface area (Å²) < 4.78 is 48.4. The quantitative estimate of drug-likeness (QED) is 0.665. The van der Waals surface area contributed by atoms with Gasteiger partial charge in [0.05, 0.1) is 13.0 Å². The van der Waals surface area contributed by atoms with Gasteiger partial charge in [0.15, 0.2) is 0 Å². The molecular formula is C20H22ClFN2O5S. The van der Waals surface area contributed by atoms with Crippen LogP contribution in [0.3, 0.4) is 0 Å². The van der Waals surface area contributed by atoms with Crippen LogP contribution in [0.2, 0.25) is 5.02 Å². The first-order valence-electron chi connectivity index (χ1n) is 9.33. The number of nitrogens with one attached hydrogen (secondary N) is 1. The zero-order chi connectivity index (χ0) is 21.7. The van der Waals surface area contributed by atoms with Crippen molar-refractivity contribution in [3.8, 4) is 5.75 Å². The lowest BCUT2D eigenvalue weighted by Gasteiger charge is -2.22. The molecule has 3 rings (SSSR count). The summed E-state index contributed by atoms with van der Waals surface area (Å²) in [4.78, 5) is 12.1. The molecular weight excluding hydrogens is 435 g/mol. The fourth-order valence-electron chi connectivity index (χ4n) is 3.11. The third kappa shape index (κ3) is 6.15. The van der Waals surface area contributed by atoms with E-state index in [2.05, 4.69) is 5.32 Å². The number of ether oxygens (including phenoxy) is 2. The van der Waals surface area contributed by atoms with Crippen molar-refractivity contribution in [2.75, 3.05) is 25.1 Å².